The van der Waals surface area contributed by atoms with Crippen molar-refractivity contribution in [3.05, 3.63) is 64.1 Å². The Morgan fingerprint density at radius 2 is 1.80 bits per heavy atom. The molecule has 7 heteroatoms. The minimum absolute atomic E-state index is 0.397. The molecular weight excluding hydrogens is 333 g/mol. The number of benzene rings is 1. The summed E-state index contributed by atoms with van der Waals surface area (Å²) in [5, 5.41) is 2.58. The Morgan fingerprint density at radius 1 is 1.16 bits per heavy atom. The van der Waals surface area contributed by atoms with Gasteiger partial charge in [0.05, 0.1) is 5.56 Å². The van der Waals surface area contributed by atoms with Crippen molar-refractivity contribution in [3.8, 4) is 0 Å². The molecule has 1 aromatic carbocycles. The predicted molar refractivity (Wildman–Crippen MR) is 89.5 cm³/mol. The van der Waals surface area contributed by atoms with Crippen LogP contribution in [0.1, 0.15) is 37.3 Å². The Balaban J connectivity index is 2.09. The minimum atomic E-state index is -4.57. The van der Waals surface area contributed by atoms with E-state index < -0.39 is 29.8 Å². The third-order valence-corrected chi connectivity index (χ3v) is 4.00. The van der Waals surface area contributed by atoms with Crippen LogP contribution in [0.4, 0.5) is 18.9 Å². The van der Waals surface area contributed by atoms with Crippen molar-refractivity contribution in [2.24, 2.45) is 0 Å². The number of carbonyl (C=O) groups is 1. The Morgan fingerprint density at radius 3 is 2.36 bits per heavy atom. The maximum absolute atomic E-state index is 12.7. The summed E-state index contributed by atoms with van der Waals surface area (Å²) in [5.74, 6) is -0.175. The Bertz CT molecular complexity index is 795. The van der Waals surface area contributed by atoms with Gasteiger partial charge in [-0.25, -0.2) is 0 Å². The topological polar surface area (TPSA) is 51.1 Å². The minimum Gasteiger partial charge on any atom is -0.325 e. The van der Waals surface area contributed by atoms with E-state index in [0.29, 0.717) is 23.9 Å². The van der Waals surface area contributed by atoms with Gasteiger partial charge in [-0.05, 0) is 36.1 Å². The van der Waals surface area contributed by atoms with Gasteiger partial charge >= 0.3 is 6.18 Å². The molecule has 1 aromatic heterocycles. The number of carbonyl (C=O) groups excluding carboxylic acids is 1. The van der Waals surface area contributed by atoms with E-state index in [1.807, 2.05) is 12.1 Å². The van der Waals surface area contributed by atoms with Gasteiger partial charge in [0.1, 0.15) is 6.54 Å². The van der Waals surface area contributed by atoms with E-state index in [1.165, 1.54) is 0 Å². The summed E-state index contributed by atoms with van der Waals surface area (Å²) in [6, 6.07) is 8.74. The van der Waals surface area contributed by atoms with Crippen molar-refractivity contribution in [3.63, 3.8) is 0 Å². The van der Waals surface area contributed by atoms with E-state index in [4.69, 9.17) is 0 Å². The first kappa shape index (κ1) is 18.8. The molecular formula is C18H19F3N2O2. The smallest absolute Gasteiger partial charge is 0.325 e. The maximum Gasteiger partial charge on any atom is 0.417 e. The maximum atomic E-state index is 12.7. The number of nitrogens with zero attached hydrogens (tertiary/aromatic N) is 1. The fraction of sp³-hybridized carbons (Fsp3) is 0.333. The molecule has 2 rings (SSSR count). The van der Waals surface area contributed by atoms with Crippen LogP contribution in [-0.2, 0) is 17.5 Å². The zero-order valence-corrected chi connectivity index (χ0v) is 13.9. The van der Waals surface area contributed by atoms with E-state index in [0.717, 1.165) is 22.6 Å². The van der Waals surface area contributed by atoms with Gasteiger partial charge in [0.15, 0.2) is 0 Å². The van der Waals surface area contributed by atoms with Crippen LogP contribution < -0.4 is 10.9 Å². The predicted octanol–water partition coefficient (Wildman–Crippen LogP) is 4.02. The molecule has 0 unspecified atom stereocenters. The highest BCUT2D eigenvalue weighted by atomic mass is 19.4. The zero-order valence-electron chi connectivity index (χ0n) is 13.9. The molecule has 25 heavy (non-hydrogen) atoms. The fourth-order valence-corrected chi connectivity index (χ4v) is 2.31. The van der Waals surface area contributed by atoms with Crippen LogP contribution in [0.15, 0.2) is 47.4 Å². The lowest BCUT2D eigenvalue weighted by Gasteiger charge is -2.12. The molecule has 0 saturated heterocycles. The first-order valence-corrected chi connectivity index (χ1v) is 7.88. The van der Waals surface area contributed by atoms with Crippen molar-refractivity contribution >= 4 is 11.6 Å². The third-order valence-electron chi connectivity index (χ3n) is 4.00. The van der Waals surface area contributed by atoms with E-state index in [1.54, 1.807) is 12.1 Å². The van der Waals surface area contributed by atoms with Gasteiger partial charge in [0.25, 0.3) is 5.56 Å². The molecule has 0 bridgehead atoms. The number of anilines is 1. The van der Waals surface area contributed by atoms with E-state index in [2.05, 4.69) is 19.2 Å². The highest BCUT2D eigenvalue weighted by Crippen LogP contribution is 2.28. The number of aromatic nitrogens is 1. The second kappa shape index (κ2) is 7.55. The average molecular weight is 352 g/mol. The van der Waals surface area contributed by atoms with Crippen LogP contribution in [0.25, 0.3) is 0 Å². The summed E-state index contributed by atoms with van der Waals surface area (Å²) < 4.78 is 38.8. The van der Waals surface area contributed by atoms with Crippen LogP contribution in [-0.4, -0.2) is 10.5 Å². The van der Waals surface area contributed by atoms with Crippen LogP contribution in [0.3, 0.4) is 0 Å². The standard InChI is InChI=1S/C18H19F3N2O2/c1-3-12(2)13-4-7-15(8-5-13)22-16(24)11-23-10-14(18(19,20)21)6-9-17(23)25/h4-10,12H,3,11H2,1-2H3,(H,22,24)/t12-/m0/s1. The molecule has 1 atom stereocenters. The number of pyridine rings is 1. The van der Waals surface area contributed by atoms with Gasteiger partial charge in [-0.2, -0.15) is 13.2 Å². The van der Waals surface area contributed by atoms with Gasteiger partial charge in [-0.3, -0.25) is 9.59 Å². The Hall–Kier alpha value is -2.57. The highest BCUT2D eigenvalue weighted by molar-refractivity contribution is 5.90. The largest absolute Gasteiger partial charge is 0.417 e. The van der Waals surface area contributed by atoms with Crippen LogP contribution in [0, 0.1) is 0 Å². The lowest BCUT2D eigenvalue weighted by Crippen LogP contribution is -2.28. The first-order chi connectivity index (χ1) is 11.7. The number of rotatable bonds is 5. The molecule has 1 N–H and O–H groups in total. The molecule has 1 amide bonds. The zero-order chi connectivity index (χ0) is 18.6. The number of hydrogen-bond acceptors (Lipinski definition) is 2. The van der Waals surface area contributed by atoms with Crippen molar-refractivity contribution < 1.29 is 18.0 Å². The summed E-state index contributed by atoms with van der Waals surface area (Å²) in [4.78, 5) is 23.7. The number of nitrogens with one attached hydrogen (secondary N) is 1. The van der Waals surface area contributed by atoms with Crippen LogP contribution in [0.2, 0.25) is 0 Å². The van der Waals surface area contributed by atoms with Crippen LogP contribution >= 0.6 is 0 Å². The van der Waals surface area contributed by atoms with Crippen molar-refractivity contribution in [1.29, 1.82) is 0 Å². The molecule has 0 aliphatic rings. The second-order valence-electron chi connectivity index (χ2n) is 5.86. The summed E-state index contributed by atoms with van der Waals surface area (Å²) in [7, 11) is 0. The highest BCUT2D eigenvalue weighted by Gasteiger charge is 2.31. The summed E-state index contributed by atoms with van der Waals surface area (Å²) in [5.41, 5.74) is 0.0137. The molecule has 0 aliphatic carbocycles. The van der Waals surface area contributed by atoms with Gasteiger partial charge in [0.2, 0.25) is 5.91 Å². The van der Waals surface area contributed by atoms with Gasteiger partial charge < -0.3 is 9.88 Å². The molecule has 2 aromatic rings. The van der Waals surface area contributed by atoms with E-state index in [-0.39, 0.29) is 0 Å². The summed E-state index contributed by atoms with van der Waals surface area (Å²) in [6.07, 6.45) is -2.93. The summed E-state index contributed by atoms with van der Waals surface area (Å²) in [6.45, 7) is 3.68. The molecule has 0 spiro atoms. The van der Waals surface area contributed by atoms with Crippen molar-refractivity contribution in [1.82, 2.24) is 4.57 Å². The average Bonchev–Trinajstić information content (AvgIpc) is 2.55. The first-order valence-electron chi connectivity index (χ1n) is 7.88. The molecule has 0 fully saturated rings. The number of amides is 1. The lowest BCUT2D eigenvalue weighted by molar-refractivity contribution is -0.138. The molecule has 4 nitrogen and oxygen atoms in total. The Labute approximate surface area is 143 Å². The van der Waals surface area contributed by atoms with Gasteiger partial charge in [0, 0.05) is 18.0 Å². The van der Waals surface area contributed by atoms with E-state index >= 15 is 0 Å². The Kier molecular flexibility index (Phi) is 5.66. The molecule has 1 heterocycles. The van der Waals surface area contributed by atoms with Gasteiger partial charge in [-0.15, -0.1) is 0 Å². The fourth-order valence-electron chi connectivity index (χ4n) is 2.31. The number of halogens is 3. The molecule has 0 saturated carbocycles. The van der Waals surface area contributed by atoms with Crippen molar-refractivity contribution in [2.45, 2.75) is 38.9 Å². The molecule has 0 radical (unpaired) electrons. The summed E-state index contributed by atoms with van der Waals surface area (Å²) >= 11 is 0. The SMILES string of the molecule is CC[C@H](C)c1ccc(NC(=O)Cn2cc(C(F)(F)F)ccc2=O)cc1. The second-order valence-corrected chi connectivity index (χ2v) is 5.86. The molecule has 134 valence electrons. The van der Waals surface area contributed by atoms with Crippen LogP contribution in [0.5, 0.6) is 0 Å². The quantitative estimate of drug-likeness (QED) is 0.884. The lowest BCUT2D eigenvalue weighted by atomic mass is 9.99. The number of alkyl halides is 3. The normalized spacial score (nSPS) is 12.7. The van der Waals surface area contributed by atoms with E-state index in [9.17, 15) is 22.8 Å². The van der Waals surface area contributed by atoms with Gasteiger partial charge in [-0.1, -0.05) is 26.0 Å². The monoisotopic (exact) mass is 352 g/mol. The third kappa shape index (κ3) is 4.95. The van der Waals surface area contributed by atoms with Crippen molar-refractivity contribution in [2.75, 3.05) is 5.32 Å². The molecule has 0 aliphatic heterocycles. The number of hydrogen-bond donors (Lipinski definition) is 1.